The molecule has 0 saturated carbocycles. The van der Waals surface area contributed by atoms with Crippen LogP contribution in [0.5, 0.6) is 0 Å². The van der Waals surface area contributed by atoms with Crippen LogP contribution in [0.1, 0.15) is 37.8 Å². The highest BCUT2D eigenvalue weighted by Crippen LogP contribution is 2.32. The van der Waals surface area contributed by atoms with Gasteiger partial charge in [-0.05, 0) is 55.9 Å². The number of rotatable bonds is 7. The van der Waals surface area contributed by atoms with Crippen LogP contribution in [0, 0.1) is 0 Å². The third-order valence-electron chi connectivity index (χ3n) is 3.83. The monoisotopic (exact) mass is 379 g/mol. The smallest absolute Gasteiger partial charge is 0.237 e. The Balaban J connectivity index is 1.55. The second-order valence-electron chi connectivity index (χ2n) is 5.77. The number of thioether (sulfide) groups is 2. The summed E-state index contributed by atoms with van der Waals surface area (Å²) in [6.45, 7) is 4.06. The van der Waals surface area contributed by atoms with Crippen molar-refractivity contribution in [1.82, 2.24) is 10.2 Å². The molecule has 24 heavy (non-hydrogen) atoms. The lowest BCUT2D eigenvalue weighted by molar-refractivity contribution is -0.115. The first kappa shape index (κ1) is 17.8. The van der Waals surface area contributed by atoms with E-state index in [9.17, 15) is 4.79 Å². The lowest BCUT2D eigenvalue weighted by Gasteiger charge is -2.11. The predicted octanol–water partition coefficient (Wildman–Crippen LogP) is 4.65. The molecule has 0 fully saturated rings. The number of hydrogen-bond acceptors (Lipinski definition) is 6. The number of fused-ring (bicyclic) bond motifs is 1. The van der Waals surface area contributed by atoms with Crippen molar-refractivity contribution < 1.29 is 4.79 Å². The summed E-state index contributed by atoms with van der Waals surface area (Å²) >= 11 is 4.76. The maximum atomic E-state index is 12.4. The molecule has 1 aliphatic carbocycles. The van der Waals surface area contributed by atoms with Crippen molar-refractivity contribution in [2.75, 3.05) is 11.1 Å². The summed E-state index contributed by atoms with van der Waals surface area (Å²) in [7, 11) is 0. The Morgan fingerprint density at radius 3 is 2.92 bits per heavy atom. The lowest BCUT2D eigenvalue weighted by atomic mass is 10.1. The quantitative estimate of drug-likeness (QED) is 0.710. The number of aryl methyl sites for hydroxylation is 2. The van der Waals surface area contributed by atoms with Gasteiger partial charge >= 0.3 is 0 Å². The van der Waals surface area contributed by atoms with Gasteiger partial charge in [-0.1, -0.05) is 47.9 Å². The number of hydrogen-bond donors (Lipinski definition) is 1. The van der Waals surface area contributed by atoms with Crippen LogP contribution in [0.25, 0.3) is 0 Å². The zero-order valence-corrected chi connectivity index (χ0v) is 16.3. The van der Waals surface area contributed by atoms with E-state index in [0.29, 0.717) is 0 Å². The molecule has 1 amide bonds. The summed E-state index contributed by atoms with van der Waals surface area (Å²) in [5.41, 5.74) is 3.68. The number of benzene rings is 1. The normalized spacial score (nSPS) is 14.4. The van der Waals surface area contributed by atoms with Crippen LogP contribution in [-0.2, 0) is 17.6 Å². The van der Waals surface area contributed by atoms with Gasteiger partial charge in [-0.15, -0.1) is 10.2 Å². The van der Waals surface area contributed by atoms with Gasteiger partial charge in [0.15, 0.2) is 8.68 Å². The molecule has 0 unspecified atom stereocenters. The number of nitrogens with one attached hydrogen (secondary N) is 1. The van der Waals surface area contributed by atoms with E-state index in [1.165, 1.54) is 29.3 Å². The average Bonchev–Trinajstić information content (AvgIpc) is 3.21. The molecule has 1 aliphatic rings. The van der Waals surface area contributed by atoms with Gasteiger partial charge in [0.25, 0.3) is 0 Å². The van der Waals surface area contributed by atoms with Crippen molar-refractivity contribution in [2.45, 2.75) is 53.5 Å². The van der Waals surface area contributed by atoms with Crippen LogP contribution < -0.4 is 5.32 Å². The van der Waals surface area contributed by atoms with Crippen LogP contribution >= 0.6 is 34.9 Å². The number of amides is 1. The zero-order chi connectivity index (χ0) is 16.9. The first-order valence-corrected chi connectivity index (χ1v) is 10.9. The predicted molar refractivity (Wildman–Crippen MR) is 103 cm³/mol. The number of aromatic nitrogens is 2. The van der Waals surface area contributed by atoms with Gasteiger partial charge in [0.2, 0.25) is 5.91 Å². The molecule has 0 aliphatic heterocycles. The van der Waals surface area contributed by atoms with Gasteiger partial charge in [-0.2, -0.15) is 0 Å². The lowest BCUT2D eigenvalue weighted by Crippen LogP contribution is -2.22. The van der Waals surface area contributed by atoms with Gasteiger partial charge in [0.05, 0.1) is 5.25 Å². The molecule has 3 rings (SSSR count). The number of carbonyl (C=O) groups excluding carboxylic acids is 1. The van der Waals surface area contributed by atoms with Crippen molar-refractivity contribution in [2.24, 2.45) is 0 Å². The molecular formula is C17H21N3OS3. The first-order chi connectivity index (χ1) is 11.7. The Morgan fingerprint density at radius 1 is 1.29 bits per heavy atom. The summed E-state index contributed by atoms with van der Waals surface area (Å²) in [5, 5.41) is 11.2. The molecule has 0 saturated heterocycles. The molecular weight excluding hydrogens is 358 g/mol. The molecule has 1 aromatic heterocycles. The second-order valence-corrected chi connectivity index (χ2v) is 9.68. The molecule has 1 aromatic carbocycles. The minimum Gasteiger partial charge on any atom is -0.325 e. The Morgan fingerprint density at radius 2 is 2.08 bits per heavy atom. The Kier molecular flexibility index (Phi) is 6.19. The van der Waals surface area contributed by atoms with E-state index >= 15 is 0 Å². The van der Waals surface area contributed by atoms with E-state index in [1.807, 2.05) is 13.0 Å². The molecule has 0 spiro atoms. The van der Waals surface area contributed by atoms with E-state index in [0.717, 1.165) is 39.4 Å². The van der Waals surface area contributed by atoms with Crippen LogP contribution in [0.15, 0.2) is 26.9 Å². The minimum atomic E-state index is -0.199. The zero-order valence-electron chi connectivity index (χ0n) is 13.9. The highest BCUT2D eigenvalue weighted by atomic mass is 32.2. The van der Waals surface area contributed by atoms with Crippen LogP contribution in [0.3, 0.4) is 0 Å². The molecule has 128 valence electrons. The minimum absolute atomic E-state index is 0.0101. The molecule has 1 N–H and O–H groups in total. The van der Waals surface area contributed by atoms with Crippen molar-refractivity contribution in [3.8, 4) is 0 Å². The van der Waals surface area contributed by atoms with Crippen molar-refractivity contribution in [3.05, 3.63) is 29.3 Å². The van der Waals surface area contributed by atoms with E-state index in [4.69, 9.17) is 0 Å². The maximum absolute atomic E-state index is 12.4. The third kappa shape index (κ3) is 4.52. The topological polar surface area (TPSA) is 54.9 Å². The summed E-state index contributed by atoms with van der Waals surface area (Å²) < 4.78 is 1.83. The average molecular weight is 380 g/mol. The first-order valence-electron chi connectivity index (χ1n) is 8.21. The van der Waals surface area contributed by atoms with Gasteiger partial charge in [-0.25, -0.2) is 0 Å². The third-order valence-corrected chi connectivity index (χ3v) is 7.28. The van der Waals surface area contributed by atoms with Crippen LogP contribution in [-0.4, -0.2) is 27.1 Å². The van der Waals surface area contributed by atoms with Gasteiger partial charge in [-0.3, -0.25) is 4.79 Å². The Bertz CT molecular complexity index is 717. The highest BCUT2D eigenvalue weighted by molar-refractivity contribution is 8.03. The molecule has 1 heterocycles. The van der Waals surface area contributed by atoms with Gasteiger partial charge in [0.1, 0.15) is 0 Å². The fraction of sp³-hybridized carbons (Fsp3) is 0.471. The Labute approximate surface area is 155 Å². The maximum Gasteiger partial charge on any atom is 0.237 e. The van der Waals surface area contributed by atoms with Crippen molar-refractivity contribution in [3.63, 3.8) is 0 Å². The number of carbonyl (C=O) groups is 1. The molecule has 0 radical (unpaired) electrons. The van der Waals surface area contributed by atoms with Gasteiger partial charge < -0.3 is 5.32 Å². The summed E-state index contributed by atoms with van der Waals surface area (Å²) in [4.78, 5) is 12.4. The van der Waals surface area contributed by atoms with E-state index in [1.54, 1.807) is 23.1 Å². The highest BCUT2D eigenvalue weighted by Gasteiger charge is 2.18. The molecule has 2 aromatic rings. The summed E-state index contributed by atoms with van der Waals surface area (Å²) in [6.07, 6.45) is 4.61. The number of nitrogens with zero attached hydrogens (tertiary/aromatic N) is 2. The second kappa shape index (κ2) is 8.36. The molecule has 4 nitrogen and oxygen atoms in total. The fourth-order valence-corrected chi connectivity index (χ4v) is 5.68. The summed E-state index contributed by atoms with van der Waals surface area (Å²) in [5.74, 6) is 1.06. The molecule has 7 heteroatoms. The van der Waals surface area contributed by atoms with E-state index in [2.05, 4.69) is 34.6 Å². The summed E-state index contributed by atoms with van der Waals surface area (Å²) in [6, 6.07) is 6.25. The van der Waals surface area contributed by atoms with Crippen molar-refractivity contribution >= 4 is 46.5 Å². The molecule has 0 bridgehead atoms. The SMILES string of the molecule is CCCSc1nnc(S[C@@H](C)C(=O)Nc2ccc3c(c2)CCC3)s1. The standard InChI is InChI=1S/C17H21N3OS3/c1-3-9-22-16-19-20-17(24-16)23-11(2)15(21)18-14-8-7-12-5-4-6-13(12)10-14/h7-8,10-11H,3-6,9H2,1-2H3,(H,18,21)/t11-/m0/s1. The fourth-order valence-electron chi connectivity index (χ4n) is 2.59. The largest absolute Gasteiger partial charge is 0.325 e. The van der Waals surface area contributed by atoms with E-state index in [-0.39, 0.29) is 11.2 Å². The van der Waals surface area contributed by atoms with Crippen LogP contribution in [0.2, 0.25) is 0 Å². The van der Waals surface area contributed by atoms with Gasteiger partial charge in [0, 0.05) is 11.4 Å². The van der Waals surface area contributed by atoms with E-state index < -0.39 is 0 Å². The number of anilines is 1. The van der Waals surface area contributed by atoms with Crippen LogP contribution in [0.4, 0.5) is 5.69 Å². The molecule has 1 atom stereocenters. The Hall–Kier alpha value is -1.05. The van der Waals surface area contributed by atoms with Crippen molar-refractivity contribution in [1.29, 1.82) is 0 Å².